The van der Waals surface area contributed by atoms with Crippen LogP contribution in [-0.4, -0.2) is 28.4 Å². The summed E-state index contributed by atoms with van der Waals surface area (Å²) < 4.78 is 28.1. The van der Waals surface area contributed by atoms with Gasteiger partial charge in [-0.05, 0) is 11.6 Å². The first-order valence-electron chi connectivity index (χ1n) is 4.68. The third-order valence-corrected chi connectivity index (χ3v) is 3.27. The number of para-hydroxylation sites is 1. The van der Waals surface area contributed by atoms with Crippen molar-refractivity contribution in [2.24, 2.45) is 5.90 Å². The molecule has 6 heteroatoms. The van der Waals surface area contributed by atoms with Crippen molar-refractivity contribution in [1.29, 1.82) is 0 Å². The lowest BCUT2D eigenvalue weighted by Gasteiger charge is -2.11. The lowest BCUT2D eigenvalue weighted by Crippen LogP contribution is -2.07. The van der Waals surface area contributed by atoms with Gasteiger partial charge in [0.1, 0.15) is 10.6 Å². The zero-order valence-corrected chi connectivity index (χ0v) is 10.1. The molecular weight excluding hydrogens is 230 g/mol. The Morgan fingerprint density at radius 1 is 1.38 bits per heavy atom. The van der Waals surface area contributed by atoms with E-state index < -0.39 is 9.84 Å². The van der Waals surface area contributed by atoms with Crippen LogP contribution >= 0.6 is 0 Å². The summed E-state index contributed by atoms with van der Waals surface area (Å²) in [5.41, 5.74) is 0.760. The van der Waals surface area contributed by atoms with Crippen molar-refractivity contribution in [3.63, 3.8) is 0 Å². The summed E-state index contributed by atoms with van der Waals surface area (Å²) in [5, 5.41) is 0. The second kappa shape index (κ2) is 5.29. The van der Waals surface area contributed by atoms with E-state index in [0.717, 1.165) is 11.8 Å². The quantitative estimate of drug-likeness (QED) is 0.766. The van der Waals surface area contributed by atoms with E-state index in [1.54, 1.807) is 12.1 Å². The van der Waals surface area contributed by atoms with Gasteiger partial charge in [0.25, 0.3) is 0 Å². The molecule has 16 heavy (non-hydrogen) atoms. The van der Waals surface area contributed by atoms with E-state index in [9.17, 15) is 8.42 Å². The molecule has 0 radical (unpaired) electrons. The summed E-state index contributed by atoms with van der Waals surface area (Å²) in [6, 6.07) is 4.97. The molecule has 1 aromatic rings. The van der Waals surface area contributed by atoms with Gasteiger partial charge in [0.2, 0.25) is 0 Å². The minimum absolute atomic E-state index is 0.185. The monoisotopic (exact) mass is 245 g/mol. The molecule has 0 aliphatic carbocycles. The zero-order valence-electron chi connectivity index (χ0n) is 9.26. The summed E-state index contributed by atoms with van der Waals surface area (Å²) in [6.45, 7) is 0.309. The van der Waals surface area contributed by atoms with Crippen molar-refractivity contribution >= 4 is 9.84 Å². The average Bonchev–Trinajstić information content (AvgIpc) is 2.24. The molecule has 0 heterocycles. The molecule has 0 atom stereocenters. The van der Waals surface area contributed by atoms with Crippen LogP contribution in [0.5, 0.6) is 5.75 Å². The molecule has 0 amide bonds. The summed E-state index contributed by atoms with van der Waals surface area (Å²) in [6.07, 6.45) is 1.65. The molecule has 0 bridgehead atoms. The summed E-state index contributed by atoms with van der Waals surface area (Å²) in [4.78, 5) is 4.65. The van der Waals surface area contributed by atoms with Crippen LogP contribution in [-0.2, 0) is 21.1 Å². The molecule has 0 saturated heterocycles. The van der Waals surface area contributed by atoms with E-state index in [4.69, 9.17) is 10.6 Å². The van der Waals surface area contributed by atoms with Crippen LogP contribution in [0, 0.1) is 0 Å². The molecule has 0 fully saturated rings. The van der Waals surface area contributed by atoms with Gasteiger partial charge < -0.3 is 9.57 Å². The maximum Gasteiger partial charge on any atom is 0.179 e. The van der Waals surface area contributed by atoms with Gasteiger partial charge in [-0.1, -0.05) is 12.1 Å². The Bertz CT molecular complexity index is 456. The molecule has 0 aromatic heterocycles. The maximum absolute atomic E-state index is 11.5. The van der Waals surface area contributed by atoms with Crippen LogP contribution < -0.4 is 10.6 Å². The highest BCUT2D eigenvalue weighted by molar-refractivity contribution is 7.90. The topological polar surface area (TPSA) is 78.6 Å². The van der Waals surface area contributed by atoms with Gasteiger partial charge in [-0.2, -0.15) is 0 Å². The fourth-order valence-corrected chi connectivity index (χ4v) is 2.33. The van der Waals surface area contributed by atoms with Crippen LogP contribution in [0.3, 0.4) is 0 Å². The molecule has 0 unspecified atom stereocenters. The van der Waals surface area contributed by atoms with Crippen LogP contribution in [0.4, 0.5) is 0 Å². The Hall–Kier alpha value is -1.11. The van der Waals surface area contributed by atoms with Gasteiger partial charge in [-0.15, -0.1) is 0 Å². The first-order valence-corrected chi connectivity index (χ1v) is 6.57. The van der Waals surface area contributed by atoms with Crippen molar-refractivity contribution in [2.75, 3.05) is 20.0 Å². The molecule has 1 rings (SSSR count). The van der Waals surface area contributed by atoms with E-state index >= 15 is 0 Å². The van der Waals surface area contributed by atoms with Crippen molar-refractivity contribution in [3.05, 3.63) is 23.8 Å². The Balaban J connectivity index is 3.21. The molecule has 0 saturated carbocycles. The highest BCUT2D eigenvalue weighted by Crippen LogP contribution is 2.28. The number of hydrogen-bond acceptors (Lipinski definition) is 5. The van der Waals surface area contributed by atoms with Crippen molar-refractivity contribution in [3.8, 4) is 5.75 Å². The van der Waals surface area contributed by atoms with Crippen molar-refractivity contribution < 1.29 is 18.0 Å². The largest absolute Gasteiger partial charge is 0.495 e. The second-order valence-corrected chi connectivity index (χ2v) is 5.33. The van der Waals surface area contributed by atoms with Crippen LogP contribution in [0.15, 0.2) is 23.1 Å². The normalized spacial score (nSPS) is 11.4. The predicted octanol–water partition coefficient (Wildman–Crippen LogP) is 0.532. The summed E-state index contributed by atoms with van der Waals surface area (Å²) in [7, 11) is -1.85. The number of sulfone groups is 1. The molecule has 0 spiro atoms. The maximum atomic E-state index is 11.5. The number of ether oxygens (including phenoxy) is 1. The number of nitrogens with two attached hydrogens (primary N) is 1. The second-order valence-electron chi connectivity index (χ2n) is 3.34. The highest BCUT2D eigenvalue weighted by Gasteiger charge is 2.16. The van der Waals surface area contributed by atoms with Crippen molar-refractivity contribution in [2.45, 2.75) is 11.3 Å². The number of rotatable bonds is 5. The SMILES string of the molecule is COc1c(CCON)cccc1S(C)(=O)=O. The smallest absolute Gasteiger partial charge is 0.179 e. The molecule has 5 nitrogen and oxygen atoms in total. The van der Waals surface area contributed by atoms with Crippen LogP contribution in [0.2, 0.25) is 0 Å². The summed E-state index contributed by atoms with van der Waals surface area (Å²) >= 11 is 0. The van der Waals surface area contributed by atoms with Gasteiger partial charge in [-0.25, -0.2) is 14.3 Å². The average molecular weight is 245 g/mol. The van der Waals surface area contributed by atoms with E-state index in [1.165, 1.54) is 13.2 Å². The summed E-state index contributed by atoms with van der Waals surface area (Å²) in [5.74, 6) is 5.30. The Labute approximate surface area is 95.0 Å². The van der Waals surface area contributed by atoms with Gasteiger partial charge in [0.15, 0.2) is 9.84 Å². The van der Waals surface area contributed by atoms with Crippen molar-refractivity contribution in [1.82, 2.24) is 0 Å². The molecule has 1 aromatic carbocycles. The molecule has 2 N–H and O–H groups in total. The third-order valence-electron chi connectivity index (χ3n) is 2.15. The minimum atomic E-state index is -3.29. The van der Waals surface area contributed by atoms with Gasteiger partial charge >= 0.3 is 0 Å². The Morgan fingerprint density at radius 2 is 2.06 bits per heavy atom. The number of hydrogen-bond donors (Lipinski definition) is 1. The lowest BCUT2D eigenvalue weighted by molar-refractivity contribution is 0.140. The van der Waals surface area contributed by atoms with Crippen LogP contribution in [0.1, 0.15) is 5.56 Å². The van der Waals surface area contributed by atoms with E-state index in [2.05, 4.69) is 4.84 Å². The third kappa shape index (κ3) is 2.94. The van der Waals surface area contributed by atoms with E-state index in [-0.39, 0.29) is 4.90 Å². The first kappa shape index (κ1) is 13.0. The Morgan fingerprint density at radius 3 is 2.56 bits per heavy atom. The minimum Gasteiger partial charge on any atom is -0.495 e. The van der Waals surface area contributed by atoms with E-state index in [0.29, 0.717) is 18.8 Å². The van der Waals surface area contributed by atoms with Gasteiger partial charge in [0, 0.05) is 12.7 Å². The molecule has 90 valence electrons. The fraction of sp³-hybridized carbons (Fsp3) is 0.400. The lowest BCUT2D eigenvalue weighted by atomic mass is 10.1. The number of methoxy groups -OCH3 is 1. The van der Waals surface area contributed by atoms with Gasteiger partial charge in [-0.3, -0.25) is 0 Å². The zero-order chi connectivity index (χ0) is 12.2. The first-order chi connectivity index (χ1) is 7.50. The van der Waals surface area contributed by atoms with Gasteiger partial charge in [0.05, 0.1) is 13.7 Å². The molecular formula is C10H15NO4S. The standard InChI is InChI=1S/C10H15NO4S/c1-14-10-8(6-7-15-11)4-3-5-9(10)16(2,12)13/h3-5H,6-7,11H2,1-2H3. The Kier molecular flexibility index (Phi) is 4.28. The number of benzene rings is 1. The molecule has 0 aliphatic rings. The van der Waals surface area contributed by atoms with Crippen LogP contribution in [0.25, 0.3) is 0 Å². The van der Waals surface area contributed by atoms with E-state index in [1.807, 2.05) is 0 Å². The fourth-order valence-electron chi connectivity index (χ4n) is 1.45. The molecule has 0 aliphatic heterocycles. The predicted molar refractivity (Wildman–Crippen MR) is 59.9 cm³/mol. The highest BCUT2D eigenvalue weighted by atomic mass is 32.2.